The summed E-state index contributed by atoms with van der Waals surface area (Å²) < 4.78 is 5.20. The smallest absolute Gasteiger partial charge is 0.159 e. The van der Waals surface area contributed by atoms with E-state index in [9.17, 15) is 0 Å². The van der Waals surface area contributed by atoms with Crippen LogP contribution in [-0.2, 0) is 4.74 Å². The van der Waals surface area contributed by atoms with E-state index in [4.69, 9.17) is 27.9 Å². The Kier molecular flexibility index (Phi) is 4.17. The second-order valence-electron chi connectivity index (χ2n) is 3.82. The molecule has 1 heterocycles. The van der Waals surface area contributed by atoms with E-state index in [1.807, 2.05) is 31.2 Å². The van der Waals surface area contributed by atoms with E-state index < -0.39 is 0 Å². The fourth-order valence-electron chi connectivity index (χ4n) is 1.52. The molecule has 1 aromatic carbocycles. The number of hydrogen-bond donors (Lipinski definition) is 0. The normalized spacial score (nSPS) is 12.4. The fraction of sp³-hybridized carbons (Fsp3) is 0.231. The molecule has 0 bridgehead atoms. The highest BCUT2D eigenvalue weighted by Crippen LogP contribution is 2.24. The van der Waals surface area contributed by atoms with E-state index in [0.717, 1.165) is 11.3 Å². The number of methoxy groups -OCH3 is 1. The van der Waals surface area contributed by atoms with Crippen molar-refractivity contribution in [1.82, 2.24) is 9.97 Å². The van der Waals surface area contributed by atoms with Crippen molar-refractivity contribution in [3.05, 3.63) is 46.3 Å². The number of ether oxygens (including phenoxy) is 1. The minimum atomic E-state index is -0.207. The van der Waals surface area contributed by atoms with Crippen LogP contribution in [0.1, 0.15) is 18.9 Å². The monoisotopic (exact) mass is 282 g/mol. The zero-order chi connectivity index (χ0) is 13.1. The molecule has 3 nitrogen and oxygen atoms in total. The molecule has 0 radical (unpaired) electrons. The second kappa shape index (κ2) is 5.65. The number of aromatic nitrogens is 2. The summed E-state index contributed by atoms with van der Waals surface area (Å²) in [6.07, 6.45) is -0.207. The van der Waals surface area contributed by atoms with E-state index in [2.05, 4.69) is 9.97 Å². The molecule has 1 atom stereocenters. The van der Waals surface area contributed by atoms with Crippen molar-refractivity contribution in [2.45, 2.75) is 13.0 Å². The van der Waals surface area contributed by atoms with E-state index in [-0.39, 0.29) is 6.10 Å². The van der Waals surface area contributed by atoms with Gasteiger partial charge in [0.05, 0.1) is 5.69 Å². The summed E-state index contributed by atoms with van der Waals surface area (Å²) in [5.41, 5.74) is 1.63. The van der Waals surface area contributed by atoms with E-state index in [1.165, 1.54) is 0 Å². The van der Waals surface area contributed by atoms with Crippen molar-refractivity contribution in [3.63, 3.8) is 0 Å². The molecule has 0 saturated heterocycles. The van der Waals surface area contributed by atoms with Gasteiger partial charge in [0.25, 0.3) is 0 Å². The Labute approximate surface area is 116 Å². The Morgan fingerprint density at radius 2 is 1.94 bits per heavy atom. The van der Waals surface area contributed by atoms with Crippen LogP contribution in [0.3, 0.4) is 0 Å². The standard InChI is InChI=1S/C13H12Cl2N2O/c1-8(18-2)13-16-11(7-12(15)17-13)9-4-3-5-10(14)6-9/h3-8H,1-2H3. The molecule has 0 aliphatic heterocycles. The molecule has 1 unspecified atom stereocenters. The second-order valence-corrected chi connectivity index (χ2v) is 4.65. The predicted octanol–water partition coefficient (Wildman–Crippen LogP) is 4.16. The van der Waals surface area contributed by atoms with Crippen molar-refractivity contribution in [3.8, 4) is 11.3 Å². The molecule has 0 N–H and O–H groups in total. The molecule has 2 aromatic rings. The van der Waals surface area contributed by atoms with Crippen molar-refractivity contribution >= 4 is 23.2 Å². The molecule has 0 aliphatic carbocycles. The van der Waals surface area contributed by atoms with Crippen molar-refractivity contribution in [2.75, 3.05) is 7.11 Å². The molecule has 18 heavy (non-hydrogen) atoms. The van der Waals surface area contributed by atoms with Gasteiger partial charge in [-0.3, -0.25) is 0 Å². The van der Waals surface area contributed by atoms with Crippen LogP contribution >= 0.6 is 23.2 Å². The lowest BCUT2D eigenvalue weighted by atomic mass is 10.1. The summed E-state index contributed by atoms with van der Waals surface area (Å²) in [4.78, 5) is 8.59. The quantitative estimate of drug-likeness (QED) is 0.793. The first kappa shape index (κ1) is 13.3. The van der Waals surface area contributed by atoms with Gasteiger partial charge in [-0.25, -0.2) is 9.97 Å². The van der Waals surface area contributed by atoms with Crippen LogP contribution in [0.4, 0.5) is 0 Å². The summed E-state index contributed by atoms with van der Waals surface area (Å²) in [5, 5.41) is 1.04. The summed E-state index contributed by atoms with van der Waals surface area (Å²) in [6, 6.07) is 9.14. The Morgan fingerprint density at radius 1 is 1.17 bits per heavy atom. The lowest BCUT2D eigenvalue weighted by Crippen LogP contribution is -2.04. The third-order valence-electron chi connectivity index (χ3n) is 2.55. The average molecular weight is 283 g/mol. The first-order chi connectivity index (χ1) is 8.60. The first-order valence-electron chi connectivity index (χ1n) is 5.43. The van der Waals surface area contributed by atoms with Gasteiger partial charge in [0.2, 0.25) is 0 Å². The molecule has 1 aromatic heterocycles. The van der Waals surface area contributed by atoms with Crippen LogP contribution < -0.4 is 0 Å². The fourth-order valence-corrected chi connectivity index (χ4v) is 1.90. The molecule has 0 amide bonds. The maximum atomic E-state index is 6.00. The van der Waals surface area contributed by atoms with E-state index in [1.54, 1.807) is 13.2 Å². The summed E-state index contributed by atoms with van der Waals surface area (Å²) in [6.45, 7) is 1.87. The van der Waals surface area contributed by atoms with Crippen LogP contribution in [0.15, 0.2) is 30.3 Å². The van der Waals surface area contributed by atoms with Gasteiger partial charge in [-0.15, -0.1) is 0 Å². The zero-order valence-electron chi connectivity index (χ0n) is 10.0. The molecule has 0 saturated carbocycles. The summed E-state index contributed by atoms with van der Waals surface area (Å²) in [5.74, 6) is 0.556. The van der Waals surface area contributed by atoms with Gasteiger partial charge in [-0.1, -0.05) is 35.3 Å². The van der Waals surface area contributed by atoms with Gasteiger partial charge in [0.1, 0.15) is 11.3 Å². The molecule has 5 heteroatoms. The van der Waals surface area contributed by atoms with Crippen LogP contribution in [0, 0.1) is 0 Å². The van der Waals surface area contributed by atoms with Crippen LogP contribution in [0.5, 0.6) is 0 Å². The van der Waals surface area contributed by atoms with Crippen LogP contribution in [0.25, 0.3) is 11.3 Å². The molecule has 94 valence electrons. The highest BCUT2D eigenvalue weighted by atomic mass is 35.5. The minimum absolute atomic E-state index is 0.207. The Balaban J connectivity index is 2.48. The number of halogens is 2. The van der Waals surface area contributed by atoms with Gasteiger partial charge >= 0.3 is 0 Å². The van der Waals surface area contributed by atoms with Crippen LogP contribution in [-0.4, -0.2) is 17.1 Å². The third-order valence-corrected chi connectivity index (χ3v) is 2.98. The summed E-state index contributed by atoms with van der Waals surface area (Å²) in [7, 11) is 1.61. The molecule has 2 rings (SSSR count). The highest BCUT2D eigenvalue weighted by molar-refractivity contribution is 6.31. The number of hydrogen-bond acceptors (Lipinski definition) is 3. The maximum absolute atomic E-state index is 6.00. The first-order valence-corrected chi connectivity index (χ1v) is 6.19. The molecular weight excluding hydrogens is 271 g/mol. The number of benzene rings is 1. The maximum Gasteiger partial charge on any atom is 0.159 e. The molecule has 0 fully saturated rings. The molecule has 0 spiro atoms. The van der Waals surface area contributed by atoms with E-state index >= 15 is 0 Å². The lowest BCUT2D eigenvalue weighted by Gasteiger charge is -2.10. The molecule has 0 aliphatic rings. The Bertz CT molecular complexity index is 560. The van der Waals surface area contributed by atoms with Crippen LogP contribution in [0.2, 0.25) is 10.2 Å². The topological polar surface area (TPSA) is 35.0 Å². The highest BCUT2D eigenvalue weighted by Gasteiger charge is 2.11. The zero-order valence-corrected chi connectivity index (χ0v) is 11.5. The van der Waals surface area contributed by atoms with Crippen molar-refractivity contribution in [2.24, 2.45) is 0 Å². The van der Waals surface area contributed by atoms with Gasteiger partial charge < -0.3 is 4.74 Å². The van der Waals surface area contributed by atoms with Crippen molar-refractivity contribution < 1.29 is 4.74 Å². The SMILES string of the molecule is COC(C)c1nc(Cl)cc(-c2cccc(Cl)c2)n1. The predicted molar refractivity (Wildman–Crippen MR) is 72.9 cm³/mol. The number of nitrogens with zero attached hydrogens (tertiary/aromatic N) is 2. The van der Waals surface area contributed by atoms with Gasteiger partial charge in [0, 0.05) is 23.8 Å². The molecular formula is C13H12Cl2N2O. The largest absolute Gasteiger partial charge is 0.374 e. The van der Waals surface area contributed by atoms with Gasteiger partial charge in [0.15, 0.2) is 5.82 Å². The van der Waals surface area contributed by atoms with Gasteiger partial charge in [-0.05, 0) is 19.1 Å². The number of rotatable bonds is 3. The third kappa shape index (κ3) is 2.99. The van der Waals surface area contributed by atoms with Gasteiger partial charge in [-0.2, -0.15) is 0 Å². The average Bonchev–Trinajstić information content (AvgIpc) is 2.37. The Hall–Kier alpha value is -1.16. The summed E-state index contributed by atoms with van der Waals surface area (Å²) >= 11 is 12.0. The minimum Gasteiger partial charge on any atom is -0.374 e. The Morgan fingerprint density at radius 3 is 2.61 bits per heavy atom. The lowest BCUT2D eigenvalue weighted by molar-refractivity contribution is 0.112. The van der Waals surface area contributed by atoms with Crippen molar-refractivity contribution in [1.29, 1.82) is 0 Å². The van der Waals surface area contributed by atoms with E-state index in [0.29, 0.717) is 16.0 Å².